The summed E-state index contributed by atoms with van der Waals surface area (Å²) in [6.07, 6.45) is 0.456. The van der Waals surface area contributed by atoms with Gasteiger partial charge >= 0.3 is 0 Å². The van der Waals surface area contributed by atoms with Gasteiger partial charge in [0.15, 0.2) is 11.6 Å². The predicted octanol–water partition coefficient (Wildman–Crippen LogP) is 5.29. The highest BCUT2D eigenvalue weighted by Crippen LogP contribution is 2.32. The Labute approximate surface area is 187 Å². The highest BCUT2D eigenvalue weighted by Gasteiger charge is 2.18. The minimum absolute atomic E-state index is 0.188. The minimum atomic E-state index is -0.393. The van der Waals surface area contributed by atoms with Crippen molar-refractivity contribution in [2.75, 3.05) is 19.5 Å². The van der Waals surface area contributed by atoms with Crippen LogP contribution >= 0.6 is 15.9 Å². The van der Waals surface area contributed by atoms with Crippen LogP contribution in [0, 0.1) is 0 Å². The SMILES string of the molecule is COc1ccc(OC)c(Cc2ccc(C(=O)Nc3n[nH]c(-c4ccccc4)c3Br)o2)c1. The summed E-state index contributed by atoms with van der Waals surface area (Å²) in [5, 5.41) is 9.91. The molecule has 1 amide bonds. The summed E-state index contributed by atoms with van der Waals surface area (Å²) in [5.41, 5.74) is 2.63. The number of halogens is 1. The Morgan fingerprint density at radius 1 is 1.10 bits per heavy atom. The van der Waals surface area contributed by atoms with Gasteiger partial charge in [0, 0.05) is 17.5 Å². The monoisotopic (exact) mass is 481 g/mol. The molecule has 31 heavy (non-hydrogen) atoms. The number of aromatic amines is 1. The van der Waals surface area contributed by atoms with Crippen LogP contribution in [0.2, 0.25) is 0 Å². The number of hydrogen-bond donors (Lipinski definition) is 2. The molecule has 2 N–H and O–H groups in total. The molecule has 0 bridgehead atoms. The summed E-state index contributed by atoms with van der Waals surface area (Å²) in [6, 6.07) is 18.7. The van der Waals surface area contributed by atoms with E-state index in [9.17, 15) is 4.79 Å². The van der Waals surface area contributed by atoms with Gasteiger partial charge < -0.3 is 19.2 Å². The molecular formula is C23H20BrN3O4. The van der Waals surface area contributed by atoms with Crippen molar-refractivity contribution in [2.24, 2.45) is 0 Å². The van der Waals surface area contributed by atoms with Gasteiger partial charge in [-0.25, -0.2) is 0 Å². The number of nitrogens with zero attached hydrogens (tertiary/aromatic N) is 1. The van der Waals surface area contributed by atoms with Crippen LogP contribution in [0.4, 0.5) is 5.82 Å². The van der Waals surface area contributed by atoms with Gasteiger partial charge in [0.25, 0.3) is 5.91 Å². The summed E-state index contributed by atoms with van der Waals surface area (Å²) in [6.45, 7) is 0. The van der Waals surface area contributed by atoms with E-state index in [4.69, 9.17) is 13.9 Å². The summed E-state index contributed by atoms with van der Waals surface area (Å²) in [5.74, 6) is 2.25. The average Bonchev–Trinajstić information content (AvgIpc) is 3.41. The van der Waals surface area contributed by atoms with Crippen LogP contribution in [-0.2, 0) is 6.42 Å². The number of rotatable bonds is 7. The first-order valence-corrected chi connectivity index (χ1v) is 10.3. The van der Waals surface area contributed by atoms with E-state index in [1.807, 2.05) is 48.5 Å². The Morgan fingerprint density at radius 2 is 1.90 bits per heavy atom. The van der Waals surface area contributed by atoms with Crippen LogP contribution in [-0.4, -0.2) is 30.3 Å². The average molecular weight is 482 g/mol. The largest absolute Gasteiger partial charge is 0.497 e. The van der Waals surface area contributed by atoms with Gasteiger partial charge in [0.2, 0.25) is 0 Å². The first-order chi connectivity index (χ1) is 15.1. The highest BCUT2D eigenvalue weighted by molar-refractivity contribution is 9.10. The van der Waals surface area contributed by atoms with Crippen molar-refractivity contribution in [1.82, 2.24) is 10.2 Å². The molecule has 0 aliphatic heterocycles. The third kappa shape index (κ3) is 4.49. The summed E-state index contributed by atoms with van der Waals surface area (Å²) < 4.78 is 17.1. The molecule has 0 unspecified atom stereocenters. The fraction of sp³-hybridized carbons (Fsp3) is 0.130. The van der Waals surface area contributed by atoms with E-state index in [1.165, 1.54) is 0 Å². The zero-order valence-corrected chi connectivity index (χ0v) is 18.5. The highest BCUT2D eigenvalue weighted by atomic mass is 79.9. The van der Waals surface area contributed by atoms with Crippen LogP contribution in [0.25, 0.3) is 11.3 Å². The van der Waals surface area contributed by atoms with Crippen molar-refractivity contribution in [2.45, 2.75) is 6.42 Å². The molecule has 2 heterocycles. The van der Waals surface area contributed by atoms with Gasteiger partial charge in [-0.1, -0.05) is 30.3 Å². The maximum absolute atomic E-state index is 12.7. The summed E-state index contributed by atoms with van der Waals surface area (Å²) >= 11 is 3.50. The smallest absolute Gasteiger partial charge is 0.292 e. The van der Waals surface area contributed by atoms with E-state index in [1.54, 1.807) is 26.4 Å². The van der Waals surface area contributed by atoms with Crippen molar-refractivity contribution in [3.8, 4) is 22.8 Å². The topological polar surface area (TPSA) is 89.4 Å². The number of H-pyrrole nitrogens is 1. The standard InChI is InChI=1S/C23H20BrN3O4/c1-29-16-8-10-18(30-2)15(12-16)13-17-9-11-19(31-17)23(28)25-22-20(24)21(26-27-22)14-6-4-3-5-7-14/h3-12H,13H2,1-2H3,(H2,25,26,27,28). The summed E-state index contributed by atoms with van der Waals surface area (Å²) in [7, 11) is 3.22. The molecule has 158 valence electrons. The van der Waals surface area contributed by atoms with Crippen LogP contribution in [0.1, 0.15) is 21.9 Å². The van der Waals surface area contributed by atoms with Gasteiger partial charge in [0.05, 0.1) is 24.4 Å². The maximum Gasteiger partial charge on any atom is 0.292 e. The lowest BCUT2D eigenvalue weighted by Crippen LogP contribution is -2.11. The Kier molecular flexibility index (Phi) is 6.08. The quantitative estimate of drug-likeness (QED) is 0.374. The Hall–Kier alpha value is -3.52. The molecule has 0 aliphatic rings. The van der Waals surface area contributed by atoms with Gasteiger partial charge in [-0.15, -0.1) is 0 Å². The van der Waals surface area contributed by atoms with Gasteiger partial charge in [0.1, 0.15) is 17.3 Å². The molecule has 0 spiro atoms. The number of benzene rings is 2. The van der Waals surface area contributed by atoms with Crippen molar-refractivity contribution >= 4 is 27.7 Å². The minimum Gasteiger partial charge on any atom is -0.497 e. The number of aromatic nitrogens is 2. The fourth-order valence-corrected chi connectivity index (χ4v) is 3.68. The van der Waals surface area contributed by atoms with Crippen LogP contribution < -0.4 is 14.8 Å². The van der Waals surface area contributed by atoms with E-state index in [2.05, 4.69) is 31.4 Å². The van der Waals surface area contributed by atoms with Crippen molar-refractivity contribution < 1.29 is 18.7 Å². The molecular weight excluding hydrogens is 462 g/mol. The molecule has 0 saturated carbocycles. The predicted molar refractivity (Wildman–Crippen MR) is 121 cm³/mol. The molecule has 2 aromatic heterocycles. The van der Waals surface area contributed by atoms with E-state index in [0.717, 1.165) is 28.3 Å². The van der Waals surface area contributed by atoms with Crippen molar-refractivity contribution in [1.29, 1.82) is 0 Å². The number of amides is 1. The Bertz CT molecular complexity index is 1200. The molecule has 0 radical (unpaired) electrons. The molecule has 0 fully saturated rings. The number of furan rings is 1. The van der Waals surface area contributed by atoms with E-state index in [-0.39, 0.29) is 5.76 Å². The van der Waals surface area contributed by atoms with Crippen LogP contribution in [0.15, 0.2) is 69.6 Å². The molecule has 4 rings (SSSR count). The third-order valence-corrected chi connectivity index (χ3v) is 5.51. The molecule has 8 heteroatoms. The molecule has 4 aromatic rings. The van der Waals surface area contributed by atoms with Gasteiger partial charge in [-0.05, 0) is 46.3 Å². The van der Waals surface area contributed by atoms with Gasteiger partial charge in [-0.3, -0.25) is 9.89 Å². The Balaban J connectivity index is 1.49. The molecule has 2 aromatic carbocycles. The van der Waals surface area contributed by atoms with E-state index < -0.39 is 5.91 Å². The Morgan fingerprint density at radius 3 is 2.65 bits per heavy atom. The number of nitrogens with one attached hydrogen (secondary N) is 2. The number of methoxy groups -OCH3 is 2. The molecule has 0 aliphatic carbocycles. The lowest BCUT2D eigenvalue weighted by Gasteiger charge is -2.09. The molecule has 0 saturated heterocycles. The lowest BCUT2D eigenvalue weighted by molar-refractivity contribution is 0.0994. The lowest BCUT2D eigenvalue weighted by atomic mass is 10.1. The summed E-state index contributed by atoms with van der Waals surface area (Å²) in [4.78, 5) is 12.7. The molecule has 7 nitrogen and oxygen atoms in total. The normalized spacial score (nSPS) is 10.7. The maximum atomic E-state index is 12.7. The van der Waals surface area contributed by atoms with Crippen molar-refractivity contribution in [3.05, 3.63) is 82.2 Å². The first kappa shape index (κ1) is 20.7. The number of carbonyl (C=O) groups excluding carboxylic acids is 1. The first-order valence-electron chi connectivity index (χ1n) is 9.49. The zero-order valence-electron chi connectivity index (χ0n) is 16.9. The zero-order chi connectivity index (χ0) is 21.8. The fourth-order valence-electron chi connectivity index (χ4n) is 3.18. The second-order valence-electron chi connectivity index (χ2n) is 6.70. The second kappa shape index (κ2) is 9.09. The van der Waals surface area contributed by atoms with Crippen molar-refractivity contribution in [3.63, 3.8) is 0 Å². The van der Waals surface area contributed by atoms with Crippen LogP contribution in [0.5, 0.6) is 11.5 Å². The van der Waals surface area contributed by atoms with E-state index >= 15 is 0 Å². The van der Waals surface area contributed by atoms with Gasteiger partial charge in [-0.2, -0.15) is 5.10 Å². The number of hydrogen-bond acceptors (Lipinski definition) is 5. The number of anilines is 1. The molecule has 0 atom stereocenters. The van der Waals surface area contributed by atoms with E-state index in [0.29, 0.717) is 22.5 Å². The second-order valence-corrected chi connectivity index (χ2v) is 7.49. The van der Waals surface area contributed by atoms with Crippen LogP contribution in [0.3, 0.4) is 0 Å². The third-order valence-electron chi connectivity index (χ3n) is 4.74. The number of carbonyl (C=O) groups is 1. The number of ether oxygens (including phenoxy) is 2.